The molecule has 0 atom stereocenters. The summed E-state index contributed by atoms with van der Waals surface area (Å²) in [5, 5.41) is 0. The molecule has 0 unspecified atom stereocenters. The van der Waals surface area contributed by atoms with Crippen molar-refractivity contribution in [2.75, 3.05) is 0 Å². The Kier molecular flexibility index (Phi) is 4.34. The van der Waals surface area contributed by atoms with Gasteiger partial charge in [0.05, 0.1) is 5.56 Å². The first-order valence-electron chi connectivity index (χ1n) is 6.33. The normalized spacial score (nSPS) is 16.0. The molecule has 4 heteroatoms. The Morgan fingerprint density at radius 1 is 1.06 bits per heavy atom. The smallest absolute Gasteiger partial charge is 0.335 e. The molecule has 1 N–H and O–H groups in total. The number of hydroxylamine groups is 1. The van der Waals surface area contributed by atoms with Crippen molar-refractivity contribution in [3.63, 3.8) is 0 Å². The second kappa shape index (κ2) is 6.19. The van der Waals surface area contributed by atoms with Crippen LogP contribution in [0.4, 0.5) is 0 Å². The highest BCUT2D eigenvalue weighted by Crippen LogP contribution is 2.23. The van der Waals surface area contributed by atoms with Crippen LogP contribution in [0, 0.1) is 5.92 Å². The first-order chi connectivity index (χ1) is 8.77. The lowest BCUT2D eigenvalue weighted by molar-refractivity contribution is -0.135. The number of hydrogen-bond acceptors (Lipinski definition) is 3. The van der Waals surface area contributed by atoms with Crippen molar-refractivity contribution in [3.05, 3.63) is 35.9 Å². The van der Waals surface area contributed by atoms with Crippen LogP contribution >= 0.6 is 0 Å². The third kappa shape index (κ3) is 3.32. The lowest BCUT2D eigenvalue weighted by Crippen LogP contribution is -2.33. The maximum absolute atomic E-state index is 11.7. The molecule has 2 rings (SSSR count). The standard InChI is InChI=1S/C14H17NO3/c16-13(11-7-3-1-4-8-11)15-18-14(17)12-9-5-2-6-10-12/h2,5-6,9-11H,1,3-4,7-8H2,(H,15,16). The minimum Gasteiger partial charge on any atom is -0.335 e. The van der Waals surface area contributed by atoms with Crippen molar-refractivity contribution >= 4 is 11.9 Å². The van der Waals surface area contributed by atoms with Crippen LogP contribution in [-0.4, -0.2) is 11.9 Å². The molecular weight excluding hydrogens is 230 g/mol. The van der Waals surface area contributed by atoms with Crippen LogP contribution in [0.5, 0.6) is 0 Å². The van der Waals surface area contributed by atoms with E-state index in [4.69, 9.17) is 4.84 Å². The first-order valence-corrected chi connectivity index (χ1v) is 6.33. The van der Waals surface area contributed by atoms with E-state index in [1.807, 2.05) is 6.07 Å². The molecule has 1 fully saturated rings. The van der Waals surface area contributed by atoms with E-state index in [1.54, 1.807) is 24.3 Å². The third-order valence-electron chi connectivity index (χ3n) is 3.23. The Morgan fingerprint density at radius 2 is 1.72 bits per heavy atom. The Labute approximate surface area is 106 Å². The predicted molar refractivity (Wildman–Crippen MR) is 66.6 cm³/mol. The maximum atomic E-state index is 11.7. The highest BCUT2D eigenvalue weighted by Gasteiger charge is 2.22. The molecule has 1 aliphatic rings. The average molecular weight is 247 g/mol. The molecule has 0 saturated heterocycles. The first kappa shape index (κ1) is 12.6. The fourth-order valence-electron chi connectivity index (χ4n) is 2.18. The Balaban J connectivity index is 1.80. The summed E-state index contributed by atoms with van der Waals surface area (Å²) >= 11 is 0. The van der Waals surface area contributed by atoms with Crippen molar-refractivity contribution in [3.8, 4) is 0 Å². The van der Waals surface area contributed by atoms with Gasteiger partial charge in [0.1, 0.15) is 0 Å². The summed E-state index contributed by atoms with van der Waals surface area (Å²) in [5.41, 5.74) is 2.69. The molecule has 0 heterocycles. The second-order valence-corrected chi connectivity index (χ2v) is 4.56. The summed E-state index contributed by atoms with van der Waals surface area (Å²) in [6.07, 6.45) is 5.10. The van der Waals surface area contributed by atoms with E-state index < -0.39 is 5.97 Å². The summed E-state index contributed by atoms with van der Waals surface area (Å²) in [4.78, 5) is 28.1. The molecule has 18 heavy (non-hydrogen) atoms. The monoisotopic (exact) mass is 247 g/mol. The zero-order valence-electron chi connectivity index (χ0n) is 10.2. The van der Waals surface area contributed by atoms with Crippen molar-refractivity contribution in [2.24, 2.45) is 5.92 Å². The number of carbonyl (C=O) groups excluding carboxylic acids is 2. The summed E-state index contributed by atoms with van der Waals surface area (Å²) in [6.45, 7) is 0. The van der Waals surface area contributed by atoms with Gasteiger partial charge in [0, 0.05) is 5.92 Å². The molecule has 1 aromatic carbocycles. The Bertz CT molecular complexity index is 410. The average Bonchev–Trinajstić information content (AvgIpc) is 2.46. The van der Waals surface area contributed by atoms with Gasteiger partial charge in [-0.15, -0.1) is 0 Å². The molecule has 1 aromatic rings. The van der Waals surface area contributed by atoms with E-state index in [0.29, 0.717) is 5.56 Å². The lowest BCUT2D eigenvalue weighted by atomic mass is 9.89. The van der Waals surface area contributed by atoms with Gasteiger partial charge < -0.3 is 4.84 Å². The molecule has 0 bridgehead atoms. The minimum absolute atomic E-state index is 0.0117. The Hall–Kier alpha value is -1.84. The van der Waals surface area contributed by atoms with Gasteiger partial charge >= 0.3 is 5.97 Å². The zero-order chi connectivity index (χ0) is 12.8. The molecule has 1 saturated carbocycles. The molecule has 1 amide bonds. The lowest BCUT2D eigenvalue weighted by Gasteiger charge is -2.20. The summed E-state index contributed by atoms with van der Waals surface area (Å²) in [7, 11) is 0. The quantitative estimate of drug-likeness (QED) is 0.817. The topological polar surface area (TPSA) is 55.4 Å². The van der Waals surface area contributed by atoms with Gasteiger partial charge in [0.15, 0.2) is 0 Å². The van der Waals surface area contributed by atoms with Crippen LogP contribution < -0.4 is 5.48 Å². The van der Waals surface area contributed by atoms with Crippen LogP contribution in [-0.2, 0) is 9.63 Å². The summed E-state index contributed by atoms with van der Waals surface area (Å²) in [5.74, 6) is -0.721. The van der Waals surface area contributed by atoms with E-state index in [1.165, 1.54) is 6.42 Å². The van der Waals surface area contributed by atoms with E-state index in [2.05, 4.69) is 5.48 Å². The van der Waals surface area contributed by atoms with Crippen LogP contribution in [0.25, 0.3) is 0 Å². The molecule has 0 radical (unpaired) electrons. The number of rotatable bonds is 2. The fourth-order valence-corrected chi connectivity index (χ4v) is 2.18. The predicted octanol–water partition coefficient (Wildman–Crippen LogP) is 2.45. The largest absolute Gasteiger partial charge is 0.362 e. The molecule has 0 spiro atoms. The summed E-state index contributed by atoms with van der Waals surface area (Å²) < 4.78 is 0. The maximum Gasteiger partial charge on any atom is 0.362 e. The molecular formula is C14H17NO3. The van der Waals surface area contributed by atoms with Gasteiger partial charge in [-0.1, -0.05) is 37.5 Å². The Morgan fingerprint density at radius 3 is 2.39 bits per heavy atom. The number of carbonyl (C=O) groups is 2. The van der Waals surface area contributed by atoms with Crippen molar-refractivity contribution in [2.45, 2.75) is 32.1 Å². The van der Waals surface area contributed by atoms with E-state index >= 15 is 0 Å². The second-order valence-electron chi connectivity index (χ2n) is 4.56. The van der Waals surface area contributed by atoms with Gasteiger partial charge in [0.2, 0.25) is 0 Å². The minimum atomic E-state index is -0.528. The SMILES string of the molecule is O=C(ONC(=O)C1CCCCC1)c1ccccc1. The van der Waals surface area contributed by atoms with Crippen LogP contribution in [0.15, 0.2) is 30.3 Å². The number of hydrogen-bond donors (Lipinski definition) is 1. The molecule has 96 valence electrons. The van der Waals surface area contributed by atoms with Gasteiger partial charge in [-0.05, 0) is 25.0 Å². The third-order valence-corrected chi connectivity index (χ3v) is 3.23. The van der Waals surface area contributed by atoms with Gasteiger partial charge in [-0.3, -0.25) is 4.79 Å². The van der Waals surface area contributed by atoms with Crippen molar-refractivity contribution < 1.29 is 14.4 Å². The van der Waals surface area contributed by atoms with Crippen LogP contribution in [0.2, 0.25) is 0 Å². The molecule has 0 aliphatic heterocycles. The van der Waals surface area contributed by atoms with Crippen molar-refractivity contribution in [1.82, 2.24) is 5.48 Å². The summed E-state index contributed by atoms with van der Waals surface area (Å²) in [6, 6.07) is 8.61. The van der Waals surface area contributed by atoms with E-state index in [-0.39, 0.29) is 11.8 Å². The van der Waals surface area contributed by atoms with Gasteiger partial charge in [-0.25, -0.2) is 4.79 Å². The van der Waals surface area contributed by atoms with Crippen LogP contribution in [0.3, 0.4) is 0 Å². The highest BCUT2D eigenvalue weighted by atomic mass is 16.7. The molecule has 4 nitrogen and oxygen atoms in total. The number of amides is 1. The fraction of sp³-hybridized carbons (Fsp3) is 0.429. The van der Waals surface area contributed by atoms with Crippen molar-refractivity contribution in [1.29, 1.82) is 0 Å². The van der Waals surface area contributed by atoms with Gasteiger partial charge in [0.25, 0.3) is 5.91 Å². The zero-order valence-corrected chi connectivity index (χ0v) is 10.2. The number of benzene rings is 1. The molecule has 1 aliphatic carbocycles. The number of nitrogens with one attached hydrogen (secondary N) is 1. The van der Waals surface area contributed by atoms with Gasteiger partial charge in [-0.2, -0.15) is 5.48 Å². The molecule has 0 aromatic heterocycles. The van der Waals surface area contributed by atoms with E-state index in [9.17, 15) is 9.59 Å². The highest BCUT2D eigenvalue weighted by molar-refractivity contribution is 5.90. The van der Waals surface area contributed by atoms with Crippen LogP contribution in [0.1, 0.15) is 42.5 Å². The van der Waals surface area contributed by atoms with E-state index in [0.717, 1.165) is 25.7 Å².